The third kappa shape index (κ3) is 3.30. The van der Waals surface area contributed by atoms with Crippen molar-refractivity contribution in [3.63, 3.8) is 0 Å². The summed E-state index contributed by atoms with van der Waals surface area (Å²) in [5.74, 6) is -1.56. The normalized spacial score (nSPS) is 23.9. The zero-order chi connectivity index (χ0) is 16.7. The molecule has 0 bridgehead atoms. The summed E-state index contributed by atoms with van der Waals surface area (Å²) in [6.07, 6.45) is 2.66. The van der Waals surface area contributed by atoms with Gasteiger partial charge in [-0.05, 0) is 36.5 Å². The second kappa shape index (κ2) is 5.39. The molecule has 120 valence electrons. The van der Waals surface area contributed by atoms with Gasteiger partial charge in [0, 0.05) is 17.9 Å². The van der Waals surface area contributed by atoms with Gasteiger partial charge in [0.25, 0.3) is 0 Å². The number of benzene rings is 1. The third-order valence-electron chi connectivity index (χ3n) is 4.32. The first-order valence-corrected chi connectivity index (χ1v) is 8.85. The number of carboxylic acids is 1. The summed E-state index contributed by atoms with van der Waals surface area (Å²) < 4.78 is 23.3. The summed E-state index contributed by atoms with van der Waals surface area (Å²) in [6, 6.07) is 3.63. The number of carboxylic acid groups (broad SMARTS) is 1. The highest BCUT2D eigenvalue weighted by molar-refractivity contribution is 7.90. The van der Waals surface area contributed by atoms with E-state index in [4.69, 9.17) is 5.11 Å². The van der Waals surface area contributed by atoms with Crippen molar-refractivity contribution in [1.29, 1.82) is 0 Å². The van der Waals surface area contributed by atoms with Crippen LogP contribution in [0.3, 0.4) is 0 Å². The van der Waals surface area contributed by atoms with Gasteiger partial charge in [0.15, 0.2) is 9.84 Å². The molecule has 1 aliphatic rings. The van der Waals surface area contributed by atoms with E-state index >= 15 is 0 Å². The van der Waals surface area contributed by atoms with Crippen LogP contribution in [0.5, 0.6) is 0 Å². The van der Waals surface area contributed by atoms with E-state index in [1.807, 2.05) is 13.8 Å². The van der Waals surface area contributed by atoms with Crippen LogP contribution in [0.25, 0.3) is 0 Å². The predicted octanol–water partition coefficient (Wildman–Crippen LogP) is 2.16. The Labute approximate surface area is 129 Å². The van der Waals surface area contributed by atoms with E-state index in [0.717, 1.165) is 25.2 Å². The lowest BCUT2D eigenvalue weighted by molar-refractivity contribution is -0.118. The molecule has 0 aliphatic heterocycles. The van der Waals surface area contributed by atoms with Crippen molar-refractivity contribution in [2.75, 3.05) is 11.6 Å². The van der Waals surface area contributed by atoms with Gasteiger partial charge in [-0.3, -0.25) is 4.79 Å². The molecule has 6 nitrogen and oxygen atoms in total. The first-order valence-electron chi connectivity index (χ1n) is 6.96. The molecule has 2 rings (SSSR count). The molecule has 22 heavy (non-hydrogen) atoms. The van der Waals surface area contributed by atoms with E-state index < -0.39 is 15.8 Å². The number of anilines is 1. The van der Waals surface area contributed by atoms with Gasteiger partial charge in [-0.25, -0.2) is 13.2 Å². The summed E-state index contributed by atoms with van der Waals surface area (Å²) in [5, 5.41) is 11.7. The predicted molar refractivity (Wildman–Crippen MR) is 81.6 cm³/mol. The van der Waals surface area contributed by atoms with Crippen molar-refractivity contribution < 1.29 is 23.1 Å². The van der Waals surface area contributed by atoms with Crippen molar-refractivity contribution in [1.82, 2.24) is 0 Å². The van der Waals surface area contributed by atoms with Crippen molar-refractivity contribution in [3.05, 3.63) is 23.8 Å². The topological polar surface area (TPSA) is 101 Å². The standard InChI is InChI=1S/C15H19NO5S/c1-4-15(2)8-12(15)13(17)16-10-5-9(14(18)19)6-11(7-10)22(3,20)21/h5-7,12H,4,8H2,1-3H3,(H,16,17)(H,18,19). The van der Waals surface area contributed by atoms with E-state index in [0.29, 0.717) is 0 Å². The largest absolute Gasteiger partial charge is 0.478 e. The summed E-state index contributed by atoms with van der Waals surface area (Å²) >= 11 is 0. The number of hydrogen-bond acceptors (Lipinski definition) is 4. The van der Waals surface area contributed by atoms with Crippen LogP contribution in [0.15, 0.2) is 23.1 Å². The molecule has 1 aromatic rings. The Balaban J connectivity index is 2.30. The van der Waals surface area contributed by atoms with Gasteiger partial charge in [0.05, 0.1) is 10.5 Å². The smallest absolute Gasteiger partial charge is 0.335 e. The fourth-order valence-electron chi connectivity index (χ4n) is 2.45. The van der Waals surface area contributed by atoms with Gasteiger partial charge >= 0.3 is 5.97 Å². The number of nitrogens with one attached hydrogen (secondary N) is 1. The number of rotatable bonds is 5. The minimum Gasteiger partial charge on any atom is -0.478 e. The number of sulfone groups is 1. The highest BCUT2D eigenvalue weighted by Crippen LogP contribution is 2.55. The number of carbonyl (C=O) groups excluding carboxylic acids is 1. The Hall–Kier alpha value is -1.89. The van der Waals surface area contributed by atoms with E-state index in [-0.39, 0.29) is 33.4 Å². The van der Waals surface area contributed by atoms with Crippen LogP contribution < -0.4 is 5.32 Å². The number of amides is 1. The molecule has 0 radical (unpaired) electrons. The van der Waals surface area contributed by atoms with Crippen LogP contribution in [0.4, 0.5) is 5.69 Å². The van der Waals surface area contributed by atoms with Gasteiger partial charge in [0.2, 0.25) is 5.91 Å². The molecular weight excluding hydrogens is 306 g/mol. The first-order chi connectivity index (χ1) is 10.1. The molecule has 0 spiro atoms. The molecular formula is C15H19NO5S. The highest BCUT2D eigenvalue weighted by atomic mass is 32.2. The second-order valence-corrected chi connectivity index (χ2v) is 8.09. The van der Waals surface area contributed by atoms with E-state index in [1.165, 1.54) is 12.1 Å². The molecule has 0 aromatic heterocycles. The molecule has 0 saturated heterocycles. The van der Waals surface area contributed by atoms with Crippen LogP contribution >= 0.6 is 0 Å². The summed E-state index contributed by atoms with van der Waals surface area (Å²) in [7, 11) is -3.56. The lowest BCUT2D eigenvalue weighted by atomic mass is 10.0. The molecule has 2 N–H and O–H groups in total. The maximum atomic E-state index is 12.2. The van der Waals surface area contributed by atoms with Crippen LogP contribution in [0.2, 0.25) is 0 Å². The maximum Gasteiger partial charge on any atom is 0.335 e. The second-order valence-electron chi connectivity index (χ2n) is 6.08. The van der Waals surface area contributed by atoms with Gasteiger partial charge in [-0.15, -0.1) is 0 Å². The highest BCUT2D eigenvalue weighted by Gasteiger charge is 2.52. The molecule has 1 amide bonds. The molecule has 7 heteroatoms. The van der Waals surface area contributed by atoms with E-state index in [9.17, 15) is 18.0 Å². The monoisotopic (exact) mass is 325 g/mol. The lowest BCUT2D eigenvalue weighted by Gasteiger charge is -2.10. The minimum atomic E-state index is -3.56. The lowest BCUT2D eigenvalue weighted by Crippen LogP contribution is -2.18. The van der Waals surface area contributed by atoms with Gasteiger partial charge in [-0.1, -0.05) is 13.8 Å². The first kappa shape index (κ1) is 16.5. The van der Waals surface area contributed by atoms with E-state index in [2.05, 4.69) is 5.32 Å². The maximum absolute atomic E-state index is 12.2. The fourth-order valence-corrected chi connectivity index (χ4v) is 3.13. The van der Waals surface area contributed by atoms with E-state index in [1.54, 1.807) is 0 Å². The average molecular weight is 325 g/mol. The Bertz CT molecular complexity index is 740. The Morgan fingerprint density at radius 1 is 1.36 bits per heavy atom. The molecule has 1 aliphatic carbocycles. The molecule has 2 atom stereocenters. The summed E-state index contributed by atoms with van der Waals surface area (Å²) in [5.41, 5.74) is -0.00306. The van der Waals surface area contributed by atoms with Gasteiger partial charge < -0.3 is 10.4 Å². The molecule has 1 fully saturated rings. The van der Waals surface area contributed by atoms with Crippen molar-refractivity contribution in [2.45, 2.75) is 31.6 Å². The number of aromatic carboxylic acids is 1. The third-order valence-corrected chi connectivity index (χ3v) is 5.42. The summed E-state index contributed by atoms with van der Waals surface area (Å²) in [6.45, 7) is 4.03. The quantitative estimate of drug-likeness (QED) is 0.864. The van der Waals surface area contributed by atoms with Crippen molar-refractivity contribution >= 4 is 27.4 Å². The summed E-state index contributed by atoms with van der Waals surface area (Å²) in [4.78, 5) is 23.2. The van der Waals surface area contributed by atoms with Gasteiger partial charge in [0.1, 0.15) is 0 Å². The van der Waals surface area contributed by atoms with Crippen LogP contribution in [0.1, 0.15) is 37.0 Å². The number of carbonyl (C=O) groups is 2. The Morgan fingerprint density at radius 3 is 2.45 bits per heavy atom. The number of hydrogen-bond donors (Lipinski definition) is 2. The zero-order valence-electron chi connectivity index (χ0n) is 12.7. The Morgan fingerprint density at radius 2 is 2.00 bits per heavy atom. The van der Waals surface area contributed by atoms with Crippen LogP contribution in [-0.4, -0.2) is 31.7 Å². The molecule has 1 aromatic carbocycles. The van der Waals surface area contributed by atoms with Crippen molar-refractivity contribution in [3.8, 4) is 0 Å². The van der Waals surface area contributed by atoms with Crippen LogP contribution in [-0.2, 0) is 14.6 Å². The average Bonchev–Trinajstić information content (AvgIpc) is 3.10. The Kier molecular flexibility index (Phi) is 4.04. The molecule has 2 unspecified atom stereocenters. The molecule has 0 heterocycles. The van der Waals surface area contributed by atoms with Crippen LogP contribution in [0, 0.1) is 11.3 Å². The SMILES string of the molecule is CCC1(C)CC1C(=O)Nc1cc(C(=O)O)cc(S(C)(=O)=O)c1. The molecule has 1 saturated carbocycles. The fraction of sp³-hybridized carbons (Fsp3) is 0.467. The van der Waals surface area contributed by atoms with Crippen molar-refractivity contribution in [2.24, 2.45) is 11.3 Å². The van der Waals surface area contributed by atoms with Gasteiger partial charge in [-0.2, -0.15) is 0 Å². The minimum absolute atomic E-state index is 0.0197. The zero-order valence-corrected chi connectivity index (χ0v) is 13.5.